The highest BCUT2D eigenvalue weighted by Crippen LogP contribution is 2.32. The first-order chi connectivity index (χ1) is 9.05. The van der Waals surface area contributed by atoms with Crippen molar-refractivity contribution >= 4 is 21.6 Å². The molecule has 0 amide bonds. The third-order valence-electron chi connectivity index (χ3n) is 2.92. The smallest absolute Gasteiger partial charge is 0.262 e. The van der Waals surface area contributed by atoms with Gasteiger partial charge in [-0.15, -0.1) is 0 Å². The maximum atomic E-state index is 12.2. The van der Waals surface area contributed by atoms with Crippen molar-refractivity contribution in [3.8, 4) is 0 Å². The number of hydrogen-bond donors (Lipinski definition) is 1. The van der Waals surface area contributed by atoms with Crippen molar-refractivity contribution in [2.75, 3.05) is 6.26 Å². The number of allylic oxidation sites excluding steroid dienone is 1. The van der Waals surface area contributed by atoms with Crippen LogP contribution >= 0.6 is 0 Å². The van der Waals surface area contributed by atoms with Crippen LogP contribution in [0.2, 0.25) is 0 Å². The van der Waals surface area contributed by atoms with E-state index in [0.717, 1.165) is 6.26 Å². The van der Waals surface area contributed by atoms with E-state index >= 15 is 0 Å². The van der Waals surface area contributed by atoms with Gasteiger partial charge in [-0.25, -0.2) is 13.4 Å². The highest BCUT2D eigenvalue weighted by Gasteiger charge is 2.44. The SMILES string of the molecule is CS(=O)(=O)C1(c2cnn3ncccc23)N=CC=CN1. The van der Waals surface area contributed by atoms with Crippen LogP contribution in [0.1, 0.15) is 5.56 Å². The number of aliphatic imine (C=N–C) groups is 1. The zero-order valence-electron chi connectivity index (χ0n) is 10.1. The lowest BCUT2D eigenvalue weighted by atomic mass is 10.2. The average molecular weight is 277 g/mol. The summed E-state index contributed by atoms with van der Waals surface area (Å²) in [5.74, 6) is 0. The molecule has 0 spiro atoms. The van der Waals surface area contributed by atoms with E-state index in [1.165, 1.54) is 17.0 Å². The first-order valence-corrected chi connectivity index (χ1v) is 7.41. The van der Waals surface area contributed by atoms with Gasteiger partial charge in [-0.2, -0.15) is 14.8 Å². The molecule has 0 fully saturated rings. The molecule has 8 heteroatoms. The largest absolute Gasteiger partial charge is 0.351 e. The molecule has 0 saturated heterocycles. The van der Waals surface area contributed by atoms with Gasteiger partial charge in [0, 0.05) is 24.9 Å². The molecule has 2 aromatic rings. The first kappa shape index (κ1) is 11.8. The van der Waals surface area contributed by atoms with Crippen LogP contribution in [0.3, 0.4) is 0 Å². The number of nitrogens with zero attached hydrogens (tertiary/aromatic N) is 4. The van der Waals surface area contributed by atoms with Gasteiger partial charge in [-0.3, -0.25) is 0 Å². The van der Waals surface area contributed by atoms with Gasteiger partial charge in [0.2, 0.25) is 0 Å². The second-order valence-electron chi connectivity index (χ2n) is 4.15. The lowest BCUT2D eigenvalue weighted by Gasteiger charge is -2.29. The molecule has 19 heavy (non-hydrogen) atoms. The molecule has 0 saturated carbocycles. The van der Waals surface area contributed by atoms with Gasteiger partial charge >= 0.3 is 0 Å². The van der Waals surface area contributed by atoms with Crippen LogP contribution in [-0.2, 0) is 14.8 Å². The van der Waals surface area contributed by atoms with Gasteiger partial charge in [0.05, 0.1) is 17.3 Å². The molecule has 3 rings (SSSR count). The summed E-state index contributed by atoms with van der Waals surface area (Å²) in [5, 5.41) is 10.9. The Morgan fingerprint density at radius 3 is 2.89 bits per heavy atom. The van der Waals surface area contributed by atoms with Crippen molar-refractivity contribution in [3.05, 3.63) is 42.4 Å². The maximum Gasteiger partial charge on any atom is 0.262 e. The first-order valence-electron chi connectivity index (χ1n) is 5.52. The summed E-state index contributed by atoms with van der Waals surface area (Å²) in [6.45, 7) is 0. The third-order valence-corrected chi connectivity index (χ3v) is 4.44. The predicted octanol–water partition coefficient (Wildman–Crippen LogP) is 0.0719. The molecule has 3 heterocycles. The highest BCUT2D eigenvalue weighted by molar-refractivity contribution is 7.91. The van der Waals surface area contributed by atoms with Crippen LogP contribution < -0.4 is 5.32 Å². The molecule has 0 aliphatic carbocycles. The Hall–Kier alpha value is -2.22. The van der Waals surface area contributed by atoms with Crippen LogP contribution in [0.5, 0.6) is 0 Å². The standard InChI is InChI=1S/C11H11N5O2S/c1-19(17,18)11(12-5-3-6-13-11)9-8-15-16-10(9)4-2-7-14-16/h2-8,12H,1H3. The summed E-state index contributed by atoms with van der Waals surface area (Å²) in [6, 6.07) is 3.47. The Labute approximate surface area is 109 Å². The summed E-state index contributed by atoms with van der Waals surface area (Å²) in [6.07, 6.45) is 8.82. The maximum absolute atomic E-state index is 12.2. The van der Waals surface area contributed by atoms with Crippen LogP contribution in [0, 0.1) is 0 Å². The molecule has 0 bridgehead atoms. The Balaban J connectivity index is 2.33. The van der Waals surface area contributed by atoms with Crippen molar-refractivity contribution in [2.45, 2.75) is 4.99 Å². The summed E-state index contributed by atoms with van der Waals surface area (Å²) in [5.41, 5.74) is 1.04. The van der Waals surface area contributed by atoms with Crippen molar-refractivity contribution in [3.63, 3.8) is 0 Å². The zero-order chi connectivity index (χ0) is 13.5. The fraction of sp³-hybridized carbons (Fsp3) is 0.182. The van der Waals surface area contributed by atoms with E-state index in [2.05, 4.69) is 20.5 Å². The normalized spacial score (nSPS) is 22.6. The summed E-state index contributed by atoms with van der Waals surface area (Å²) >= 11 is 0. The molecule has 2 aromatic heterocycles. The monoisotopic (exact) mass is 277 g/mol. The minimum atomic E-state index is -3.54. The minimum absolute atomic E-state index is 0.448. The van der Waals surface area contributed by atoms with E-state index in [-0.39, 0.29) is 0 Å². The molecular weight excluding hydrogens is 266 g/mol. The van der Waals surface area contributed by atoms with Crippen LogP contribution in [0.4, 0.5) is 0 Å². The predicted molar refractivity (Wildman–Crippen MR) is 70.3 cm³/mol. The Morgan fingerprint density at radius 2 is 2.21 bits per heavy atom. The van der Waals surface area contributed by atoms with Crippen molar-refractivity contribution in [1.29, 1.82) is 0 Å². The molecule has 1 N–H and O–H groups in total. The fourth-order valence-corrected chi connectivity index (χ4v) is 3.12. The molecule has 0 aromatic carbocycles. The van der Waals surface area contributed by atoms with Crippen LogP contribution in [0.15, 0.2) is 41.8 Å². The second-order valence-corrected chi connectivity index (χ2v) is 6.29. The van der Waals surface area contributed by atoms with E-state index in [4.69, 9.17) is 0 Å². The summed E-state index contributed by atoms with van der Waals surface area (Å²) < 4.78 is 25.7. The van der Waals surface area contributed by atoms with Crippen LogP contribution in [0.25, 0.3) is 5.52 Å². The minimum Gasteiger partial charge on any atom is -0.351 e. The van der Waals surface area contributed by atoms with Gasteiger partial charge in [-0.1, -0.05) is 0 Å². The van der Waals surface area contributed by atoms with Gasteiger partial charge in [0.25, 0.3) is 4.99 Å². The quantitative estimate of drug-likeness (QED) is 0.839. The average Bonchev–Trinajstić information content (AvgIpc) is 2.82. The number of sulfone groups is 1. The van der Waals surface area contributed by atoms with E-state index in [9.17, 15) is 8.42 Å². The Bertz CT molecular complexity index is 792. The zero-order valence-corrected chi connectivity index (χ0v) is 10.9. The van der Waals surface area contributed by atoms with Gasteiger partial charge in [-0.05, 0) is 18.2 Å². The number of rotatable bonds is 2. The third kappa shape index (κ3) is 1.64. The lowest BCUT2D eigenvalue weighted by molar-refractivity contribution is 0.502. The molecule has 1 unspecified atom stereocenters. The molecule has 1 aliphatic heterocycles. The molecule has 98 valence electrons. The summed E-state index contributed by atoms with van der Waals surface area (Å²) in [7, 11) is -3.54. The van der Waals surface area contributed by atoms with Crippen molar-refractivity contribution in [2.24, 2.45) is 4.99 Å². The Kier molecular flexibility index (Phi) is 2.42. The van der Waals surface area contributed by atoms with Crippen LogP contribution in [-0.4, -0.2) is 35.7 Å². The number of hydrogen-bond acceptors (Lipinski definition) is 6. The number of aromatic nitrogens is 3. The van der Waals surface area contributed by atoms with E-state index in [1.807, 2.05) is 0 Å². The summed E-state index contributed by atoms with van der Waals surface area (Å²) in [4.78, 5) is 2.58. The highest BCUT2D eigenvalue weighted by atomic mass is 32.2. The van der Waals surface area contributed by atoms with Crippen molar-refractivity contribution in [1.82, 2.24) is 20.1 Å². The topological polar surface area (TPSA) is 88.7 Å². The number of fused-ring (bicyclic) bond motifs is 1. The van der Waals surface area contributed by atoms with Gasteiger partial charge in [0.15, 0.2) is 9.84 Å². The van der Waals surface area contributed by atoms with Gasteiger partial charge in [0.1, 0.15) is 0 Å². The van der Waals surface area contributed by atoms with Gasteiger partial charge < -0.3 is 5.32 Å². The van der Waals surface area contributed by atoms with E-state index in [0.29, 0.717) is 11.1 Å². The van der Waals surface area contributed by atoms with Crippen molar-refractivity contribution < 1.29 is 8.42 Å². The molecule has 7 nitrogen and oxygen atoms in total. The second kappa shape index (κ2) is 3.89. The fourth-order valence-electron chi connectivity index (χ4n) is 2.03. The molecule has 1 aliphatic rings. The van der Waals surface area contributed by atoms with E-state index in [1.54, 1.807) is 30.6 Å². The molecular formula is C11H11N5O2S. The Morgan fingerprint density at radius 1 is 1.37 bits per heavy atom. The van der Waals surface area contributed by atoms with E-state index < -0.39 is 14.8 Å². The molecule has 1 atom stereocenters. The molecule has 0 radical (unpaired) electrons. The number of nitrogens with one attached hydrogen (secondary N) is 1. The lowest BCUT2D eigenvalue weighted by Crippen LogP contribution is -2.45.